The first-order valence-electron chi connectivity index (χ1n) is 6.73. The molecule has 1 amide bonds. The Hall–Kier alpha value is -2.77. The lowest BCUT2D eigenvalue weighted by Crippen LogP contribution is -2.36. The summed E-state index contributed by atoms with van der Waals surface area (Å²) in [6.45, 7) is 1.78. The Balaban J connectivity index is 2.18. The van der Waals surface area contributed by atoms with Gasteiger partial charge >= 0.3 is 5.97 Å². The Labute approximate surface area is 130 Å². The fourth-order valence-corrected chi connectivity index (χ4v) is 2.06. The molecular formula is C15H15F2N3O3. The molecular weight excluding hydrogens is 308 g/mol. The zero-order chi connectivity index (χ0) is 17.0. The highest BCUT2D eigenvalue weighted by Crippen LogP contribution is 2.19. The van der Waals surface area contributed by atoms with E-state index < -0.39 is 29.6 Å². The Morgan fingerprint density at radius 3 is 2.65 bits per heavy atom. The summed E-state index contributed by atoms with van der Waals surface area (Å²) in [6.07, 6.45) is -0.0966. The molecule has 0 aliphatic heterocycles. The van der Waals surface area contributed by atoms with E-state index in [2.05, 4.69) is 20.3 Å². The summed E-state index contributed by atoms with van der Waals surface area (Å²) in [7, 11) is 1.11. The Morgan fingerprint density at radius 2 is 2.09 bits per heavy atom. The number of carbonyl (C=O) groups excluding carboxylic acids is 2. The molecule has 0 spiro atoms. The summed E-state index contributed by atoms with van der Waals surface area (Å²) in [6, 6.07) is 3.02. The molecule has 0 fully saturated rings. The highest BCUT2D eigenvalue weighted by molar-refractivity contribution is 5.86. The number of rotatable bonds is 5. The smallest absolute Gasteiger partial charge is 0.333 e. The van der Waals surface area contributed by atoms with Crippen molar-refractivity contribution in [3.63, 3.8) is 0 Å². The monoisotopic (exact) mass is 323 g/mol. The van der Waals surface area contributed by atoms with Crippen molar-refractivity contribution in [3.05, 3.63) is 52.9 Å². The van der Waals surface area contributed by atoms with Gasteiger partial charge in [0.05, 0.1) is 19.2 Å². The van der Waals surface area contributed by atoms with Crippen LogP contribution in [0.2, 0.25) is 0 Å². The number of aromatic amines is 1. The molecule has 0 saturated carbocycles. The molecule has 1 aromatic heterocycles. The van der Waals surface area contributed by atoms with Gasteiger partial charge in [-0.2, -0.15) is 5.10 Å². The fraction of sp³-hybridized carbons (Fsp3) is 0.267. The predicted octanol–water partition coefficient (Wildman–Crippen LogP) is 1.57. The van der Waals surface area contributed by atoms with Crippen LogP contribution in [0, 0.1) is 18.6 Å². The average molecular weight is 323 g/mol. The van der Waals surface area contributed by atoms with E-state index in [0.717, 1.165) is 24.9 Å². The van der Waals surface area contributed by atoms with Crippen molar-refractivity contribution in [2.75, 3.05) is 7.11 Å². The molecule has 1 atom stereocenters. The van der Waals surface area contributed by atoms with E-state index >= 15 is 0 Å². The molecule has 2 N–H and O–H groups in total. The number of esters is 1. The van der Waals surface area contributed by atoms with Crippen LogP contribution in [-0.4, -0.2) is 29.2 Å². The molecule has 1 heterocycles. The third-order valence-corrected chi connectivity index (χ3v) is 3.12. The number of aromatic nitrogens is 2. The number of hydrogen-bond acceptors (Lipinski definition) is 4. The minimum atomic E-state index is -1.37. The van der Waals surface area contributed by atoms with Crippen LogP contribution in [-0.2, 0) is 20.7 Å². The first-order valence-corrected chi connectivity index (χ1v) is 6.73. The predicted molar refractivity (Wildman–Crippen MR) is 76.3 cm³/mol. The zero-order valence-corrected chi connectivity index (χ0v) is 12.5. The zero-order valence-electron chi connectivity index (χ0n) is 12.5. The number of H-pyrrole nitrogens is 1. The van der Waals surface area contributed by atoms with Gasteiger partial charge in [-0.3, -0.25) is 9.89 Å². The maximum atomic E-state index is 13.9. The molecule has 1 aromatic carbocycles. The molecule has 2 aromatic rings. The maximum Gasteiger partial charge on any atom is 0.333 e. The molecule has 0 unspecified atom stereocenters. The van der Waals surface area contributed by atoms with Crippen LogP contribution in [0.1, 0.15) is 23.0 Å². The van der Waals surface area contributed by atoms with Crippen LogP contribution in [0.3, 0.4) is 0 Å². The summed E-state index contributed by atoms with van der Waals surface area (Å²) in [5.74, 6) is -3.14. The lowest BCUT2D eigenvalue weighted by Gasteiger charge is -2.17. The van der Waals surface area contributed by atoms with Crippen LogP contribution in [0.4, 0.5) is 8.78 Å². The van der Waals surface area contributed by atoms with E-state index in [-0.39, 0.29) is 12.0 Å². The molecule has 2 rings (SSSR count). The second kappa shape index (κ2) is 6.99. The highest BCUT2D eigenvalue weighted by Gasteiger charge is 2.27. The van der Waals surface area contributed by atoms with Crippen molar-refractivity contribution in [2.45, 2.75) is 19.4 Å². The number of nitrogens with zero attached hydrogens (tertiary/aromatic N) is 1. The van der Waals surface area contributed by atoms with Crippen molar-refractivity contribution in [2.24, 2.45) is 0 Å². The van der Waals surface area contributed by atoms with Gasteiger partial charge in [0.25, 0.3) is 0 Å². The van der Waals surface area contributed by atoms with E-state index in [1.165, 1.54) is 0 Å². The van der Waals surface area contributed by atoms with E-state index in [9.17, 15) is 18.4 Å². The third kappa shape index (κ3) is 4.12. The molecule has 0 aliphatic carbocycles. The van der Waals surface area contributed by atoms with Gasteiger partial charge in [-0.15, -0.1) is 0 Å². The van der Waals surface area contributed by atoms with Gasteiger partial charge in [0.1, 0.15) is 11.6 Å². The van der Waals surface area contributed by atoms with Crippen LogP contribution in [0.25, 0.3) is 0 Å². The van der Waals surface area contributed by atoms with Crippen molar-refractivity contribution in [1.82, 2.24) is 15.5 Å². The summed E-state index contributed by atoms with van der Waals surface area (Å²) in [5, 5.41) is 8.96. The van der Waals surface area contributed by atoms with Crippen molar-refractivity contribution in [1.29, 1.82) is 0 Å². The SMILES string of the molecule is COC(=O)[C@H](NC(=O)Cc1cc(C)[nH]n1)c1ccc(F)cc1F. The highest BCUT2D eigenvalue weighted by atomic mass is 19.1. The number of aryl methyl sites for hydroxylation is 1. The number of halogens is 2. The quantitative estimate of drug-likeness (QED) is 0.818. The van der Waals surface area contributed by atoms with Crippen molar-refractivity contribution in [3.8, 4) is 0 Å². The van der Waals surface area contributed by atoms with Crippen molar-refractivity contribution < 1.29 is 23.1 Å². The minimum Gasteiger partial charge on any atom is -0.467 e. The number of ether oxygens (including phenoxy) is 1. The van der Waals surface area contributed by atoms with Crippen molar-refractivity contribution >= 4 is 11.9 Å². The van der Waals surface area contributed by atoms with Crippen LogP contribution < -0.4 is 5.32 Å². The second-order valence-electron chi connectivity index (χ2n) is 4.91. The van der Waals surface area contributed by atoms with Gasteiger partial charge in [-0.05, 0) is 19.1 Å². The number of hydrogen-bond donors (Lipinski definition) is 2. The van der Waals surface area contributed by atoms with Crippen LogP contribution in [0.15, 0.2) is 24.3 Å². The summed E-state index contributed by atoms with van der Waals surface area (Å²) in [5.41, 5.74) is 1.08. The van der Waals surface area contributed by atoms with E-state index in [1.807, 2.05) is 0 Å². The molecule has 23 heavy (non-hydrogen) atoms. The third-order valence-electron chi connectivity index (χ3n) is 3.12. The molecule has 0 bridgehead atoms. The number of methoxy groups -OCH3 is 1. The van der Waals surface area contributed by atoms with Gasteiger partial charge in [0.15, 0.2) is 6.04 Å². The van der Waals surface area contributed by atoms with Gasteiger partial charge in [0.2, 0.25) is 5.91 Å². The lowest BCUT2D eigenvalue weighted by molar-refractivity contribution is -0.145. The molecule has 0 saturated heterocycles. The molecule has 8 heteroatoms. The Kier molecular flexibility index (Phi) is 5.05. The van der Waals surface area contributed by atoms with Gasteiger partial charge < -0.3 is 10.1 Å². The molecule has 122 valence electrons. The summed E-state index contributed by atoms with van der Waals surface area (Å²) < 4.78 is 31.4. The number of benzene rings is 1. The summed E-state index contributed by atoms with van der Waals surface area (Å²) >= 11 is 0. The lowest BCUT2D eigenvalue weighted by atomic mass is 10.1. The van der Waals surface area contributed by atoms with Gasteiger partial charge in [-0.25, -0.2) is 13.6 Å². The first kappa shape index (κ1) is 16.6. The number of amides is 1. The average Bonchev–Trinajstić information content (AvgIpc) is 2.89. The Morgan fingerprint density at radius 1 is 1.35 bits per heavy atom. The molecule has 0 aliphatic rings. The van der Waals surface area contributed by atoms with E-state index in [1.54, 1.807) is 13.0 Å². The van der Waals surface area contributed by atoms with Gasteiger partial charge in [0, 0.05) is 17.3 Å². The topological polar surface area (TPSA) is 84.1 Å². The standard InChI is InChI=1S/C15H15F2N3O3/c1-8-5-10(20-19-8)7-13(21)18-14(15(22)23-2)11-4-3-9(16)6-12(11)17/h3-6,14H,7H2,1-2H3,(H,18,21)(H,19,20)/t14-/m1/s1. The minimum absolute atomic E-state index is 0.0966. The van der Waals surface area contributed by atoms with E-state index in [0.29, 0.717) is 11.8 Å². The van der Waals surface area contributed by atoms with Crippen LogP contribution in [0.5, 0.6) is 0 Å². The van der Waals surface area contributed by atoms with Gasteiger partial charge in [-0.1, -0.05) is 6.07 Å². The molecule has 0 radical (unpaired) electrons. The summed E-state index contributed by atoms with van der Waals surface area (Å²) in [4.78, 5) is 23.9. The molecule has 6 nitrogen and oxygen atoms in total. The van der Waals surface area contributed by atoms with Crippen LogP contribution >= 0.6 is 0 Å². The normalized spacial score (nSPS) is 11.8. The number of carbonyl (C=O) groups is 2. The maximum absolute atomic E-state index is 13.9. The second-order valence-corrected chi connectivity index (χ2v) is 4.91. The largest absolute Gasteiger partial charge is 0.467 e. The Bertz CT molecular complexity index is 731. The fourth-order valence-electron chi connectivity index (χ4n) is 2.06. The van der Waals surface area contributed by atoms with E-state index in [4.69, 9.17) is 0 Å². The number of nitrogens with one attached hydrogen (secondary N) is 2. The first-order chi connectivity index (χ1) is 10.9.